The van der Waals surface area contributed by atoms with E-state index in [2.05, 4.69) is 51.4 Å². The number of thiocarbonyl (C=S) groups is 2. The first kappa shape index (κ1) is 35.6. The van der Waals surface area contributed by atoms with E-state index in [9.17, 15) is 0 Å². The first-order valence-electron chi connectivity index (χ1n) is 15.1. The minimum atomic E-state index is 0. The van der Waals surface area contributed by atoms with Crippen LogP contribution < -0.4 is 10.6 Å². The molecule has 4 heterocycles. The number of rotatable bonds is 6. The molecule has 0 fully saturated rings. The smallest absolute Gasteiger partial charge is 0.411 e. The monoisotopic (exact) mass is 788 g/mol. The zero-order chi connectivity index (χ0) is 34.5. The molecule has 4 aromatic carbocycles. The van der Waals surface area contributed by atoms with Gasteiger partial charge in [0.05, 0.1) is 10.8 Å². The summed E-state index contributed by atoms with van der Waals surface area (Å²) in [6.45, 7) is 0. The molecule has 0 aliphatic heterocycles. The van der Waals surface area contributed by atoms with Crippen molar-refractivity contribution in [1.29, 1.82) is 0 Å². The molecule has 0 saturated carbocycles. The molecule has 0 radical (unpaired) electrons. The van der Waals surface area contributed by atoms with E-state index in [1.54, 1.807) is 0 Å². The molecule has 0 amide bonds. The molecule has 0 saturated heterocycles. The van der Waals surface area contributed by atoms with Crippen LogP contribution in [0.25, 0.3) is 66.8 Å². The van der Waals surface area contributed by atoms with E-state index in [4.69, 9.17) is 49.7 Å². The van der Waals surface area contributed by atoms with Crippen molar-refractivity contribution < 1.29 is 19.5 Å². The van der Waals surface area contributed by atoms with E-state index in [-0.39, 0.29) is 28.1 Å². The Kier molecular flexibility index (Phi) is 11.3. The molecule has 4 aromatic heterocycles. The zero-order valence-electron chi connectivity index (χ0n) is 26.6. The molecule has 0 atom stereocenters. The van der Waals surface area contributed by atoms with Crippen molar-refractivity contribution in [2.45, 2.75) is 0 Å². The fourth-order valence-corrected chi connectivity index (χ4v) is 5.95. The molecular formula is C36H24N10S4Zn. The van der Waals surface area contributed by atoms with Gasteiger partial charge in [0, 0.05) is 22.3 Å². The summed E-state index contributed by atoms with van der Waals surface area (Å²) in [6.07, 6.45) is 0. The minimum Gasteiger partial charge on any atom is -0.411 e. The number of hydrogen-bond donors (Lipinski definition) is 4. The number of fused-ring (bicyclic) bond motifs is 2. The van der Waals surface area contributed by atoms with Crippen molar-refractivity contribution in [3.05, 3.63) is 121 Å². The van der Waals surface area contributed by atoms with Crippen molar-refractivity contribution in [3.8, 4) is 44.8 Å². The molecule has 0 spiro atoms. The largest absolute Gasteiger partial charge is 2.00 e. The van der Waals surface area contributed by atoms with Crippen LogP contribution in [0.3, 0.4) is 0 Å². The van der Waals surface area contributed by atoms with Crippen molar-refractivity contribution in [3.63, 3.8) is 0 Å². The zero-order valence-corrected chi connectivity index (χ0v) is 32.8. The molecule has 0 unspecified atom stereocenters. The topological polar surface area (TPSA) is 133 Å². The predicted molar refractivity (Wildman–Crippen MR) is 212 cm³/mol. The van der Waals surface area contributed by atoms with Gasteiger partial charge in [0.2, 0.25) is 0 Å². The Bertz CT molecular complexity index is 2270. The summed E-state index contributed by atoms with van der Waals surface area (Å²) in [4.78, 5) is 0. The summed E-state index contributed by atoms with van der Waals surface area (Å²) in [5.41, 5.74) is 8.55. The van der Waals surface area contributed by atoms with Crippen LogP contribution in [0.5, 0.6) is 0 Å². The van der Waals surface area contributed by atoms with E-state index in [0.29, 0.717) is 22.9 Å². The molecule has 0 aliphatic carbocycles. The van der Waals surface area contributed by atoms with Gasteiger partial charge in [0.25, 0.3) is 0 Å². The number of benzene rings is 4. The first-order valence-corrected chi connectivity index (χ1v) is 16.8. The van der Waals surface area contributed by atoms with Gasteiger partial charge in [-0.15, -0.1) is 20.4 Å². The van der Waals surface area contributed by atoms with E-state index < -0.39 is 0 Å². The Labute approximate surface area is 326 Å². The number of nitrogens with one attached hydrogen (secondary N) is 4. The third kappa shape index (κ3) is 7.77. The van der Waals surface area contributed by atoms with Crippen LogP contribution >= 0.6 is 24.4 Å². The molecule has 8 rings (SSSR count). The molecule has 51 heavy (non-hydrogen) atoms. The minimum absolute atomic E-state index is 0. The molecule has 244 valence electrons. The first-order chi connectivity index (χ1) is 24.5. The molecule has 8 aromatic rings. The van der Waals surface area contributed by atoms with Crippen molar-refractivity contribution in [2.75, 3.05) is 10.6 Å². The van der Waals surface area contributed by atoms with E-state index >= 15 is 0 Å². The van der Waals surface area contributed by atoms with Crippen LogP contribution in [0.2, 0.25) is 0 Å². The maximum absolute atomic E-state index is 5.01. The van der Waals surface area contributed by atoms with Crippen LogP contribution in [0.15, 0.2) is 121 Å². The quantitative estimate of drug-likeness (QED) is 0.0743. The number of H-pyrrole nitrogens is 2. The third-order valence-electron chi connectivity index (χ3n) is 7.63. The second-order valence-corrected chi connectivity index (χ2v) is 12.9. The van der Waals surface area contributed by atoms with Gasteiger partial charge in [-0.2, -0.15) is 10.2 Å². The van der Waals surface area contributed by atoms with Crippen LogP contribution in [0, 0.1) is 0 Å². The van der Waals surface area contributed by atoms with Gasteiger partial charge in [-0.1, -0.05) is 130 Å². The molecule has 4 N–H and O–H groups in total. The van der Waals surface area contributed by atoms with Crippen LogP contribution in [0.4, 0.5) is 11.6 Å². The second-order valence-electron chi connectivity index (χ2n) is 10.7. The average molecular weight is 790 g/mol. The summed E-state index contributed by atoms with van der Waals surface area (Å²) in [7, 11) is 0. The van der Waals surface area contributed by atoms with E-state index in [0.717, 1.165) is 55.5 Å². The predicted octanol–water partition coefficient (Wildman–Crippen LogP) is 7.86. The maximum atomic E-state index is 5.01. The van der Waals surface area contributed by atoms with Gasteiger partial charge in [-0.05, 0) is 11.1 Å². The fraction of sp³-hybridized carbons (Fsp3) is 0. The summed E-state index contributed by atoms with van der Waals surface area (Å²) >= 11 is 20.0. The fourth-order valence-electron chi connectivity index (χ4n) is 5.56. The van der Waals surface area contributed by atoms with Gasteiger partial charge in [0.15, 0.2) is 22.9 Å². The Morgan fingerprint density at radius 3 is 1.10 bits per heavy atom. The standard InChI is InChI=1S/2C18H13N5S2.Zn/c2*24-18(25)19-16-14-13(11-7-3-1-4-8-11)15(12-9-5-2-6-10-12)20-22-17(14)23-21-16;/h2*1-10H,(H3,19,21,22,23,24,25);/q;;+2/p-2. The number of anilines is 2. The third-order valence-corrected chi connectivity index (χ3v) is 8.04. The van der Waals surface area contributed by atoms with Crippen LogP contribution in [-0.2, 0) is 44.7 Å². The van der Waals surface area contributed by atoms with Crippen molar-refractivity contribution in [2.24, 2.45) is 0 Å². The summed E-state index contributed by atoms with van der Waals surface area (Å²) in [6, 6.07) is 39.9. The summed E-state index contributed by atoms with van der Waals surface area (Å²) in [5.74, 6) is 1.11. The van der Waals surface area contributed by atoms with Gasteiger partial charge in [-0.25, -0.2) is 0 Å². The number of aromatic amines is 2. The van der Waals surface area contributed by atoms with E-state index in [1.807, 2.05) is 121 Å². The Hall–Kier alpha value is -5.18. The van der Waals surface area contributed by atoms with E-state index in [1.165, 1.54) is 0 Å². The molecule has 0 bridgehead atoms. The Morgan fingerprint density at radius 2 is 0.784 bits per heavy atom. The molecule has 15 heteroatoms. The molecule has 10 nitrogen and oxygen atoms in total. The number of aromatic nitrogens is 8. The SMILES string of the molecule is S=C([S-])Nc1n[nH]c2nnc(-c3ccccc3)c(-c3ccccc3)c12.S=C([S-])Nc1n[nH]c2nnc(-c3ccccc3)c(-c3ccccc3)c12.[Zn+2]. The summed E-state index contributed by atoms with van der Waals surface area (Å²) < 4.78 is 0.455. The van der Waals surface area contributed by atoms with Crippen molar-refractivity contribution >= 4 is 92.0 Å². The Morgan fingerprint density at radius 1 is 0.471 bits per heavy atom. The van der Waals surface area contributed by atoms with Crippen molar-refractivity contribution in [1.82, 2.24) is 40.8 Å². The normalized spacial score (nSPS) is 10.5. The number of hydrogen-bond acceptors (Lipinski definition) is 10. The van der Waals surface area contributed by atoms with Crippen LogP contribution in [-0.4, -0.2) is 49.4 Å². The molecule has 0 aliphatic rings. The summed E-state index contributed by atoms with van der Waals surface area (Å²) in [5, 5.41) is 39.3. The number of nitrogens with zero attached hydrogens (tertiary/aromatic N) is 6. The second kappa shape index (κ2) is 16.2. The van der Waals surface area contributed by atoms with Gasteiger partial charge in [0.1, 0.15) is 11.4 Å². The van der Waals surface area contributed by atoms with Crippen LogP contribution in [0.1, 0.15) is 0 Å². The van der Waals surface area contributed by atoms with Gasteiger partial charge in [-0.3, -0.25) is 10.2 Å². The molecular weight excluding hydrogens is 766 g/mol. The average Bonchev–Trinajstić information content (AvgIpc) is 3.75. The van der Waals surface area contributed by atoms with Gasteiger partial charge >= 0.3 is 19.5 Å². The Balaban J connectivity index is 0.000000172. The maximum Gasteiger partial charge on any atom is 2.00 e. The van der Waals surface area contributed by atoms with Gasteiger partial charge < -0.3 is 60.3 Å².